The van der Waals surface area contributed by atoms with Crippen LogP contribution >= 0.6 is 0 Å². The van der Waals surface area contributed by atoms with Gasteiger partial charge in [-0.3, -0.25) is 4.79 Å². The van der Waals surface area contributed by atoms with E-state index in [1.165, 1.54) is 12.1 Å². The number of halogens is 1. The van der Waals surface area contributed by atoms with Crippen LogP contribution in [0.1, 0.15) is 34.3 Å². The van der Waals surface area contributed by atoms with Gasteiger partial charge in [0, 0.05) is 0 Å². The highest BCUT2D eigenvalue weighted by atomic mass is 19.1. The molecule has 0 saturated carbocycles. The molecule has 0 aliphatic carbocycles. The van der Waals surface area contributed by atoms with Crippen LogP contribution in [0.25, 0.3) is 0 Å². The number of amides is 1. The Labute approximate surface area is 181 Å². The third kappa shape index (κ3) is 6.33. The van der Waals surface area contributed by atoms with Gasteiger partial charge in [0.15, 0.2) is 17.3 Å². The average Bonchev–Trinajstić information content (AvgIpc) is 3.25. The highest BCUT2D eigenvalue weighted by Crippen LogP contribution is 2.27. The minimum Gasteiger partial charge on any atom is -0.493 e. The summed E-state index contributed by atoms with van der Waals surface area (Å²) in [6.07, 6.45) is 0.675. The van der Waals surface area contributed by atoms with E-state index in [1.807, 2.05) is 31.1 Å². The Morgan fingerprint density at radius 3 is 2.45 bits per heavy atom. The van der Waals surface area contributed by atoms with Crippen molar-refractivity contribution in [2.24, 2.45) is 0 Å². The van der Waals surface area contributed by atoms with Gasteiger partial charge in [0.25, 0.3) is 5.91 Å². The van der Waals surface area contributed by atoms with Crippen LogP contribution in [0.5, 0.6) is 11.5 Å². The molecular weight excluding hydrogens is 399 g/mol. The van der Waals surface area contributed by atoms with Crippen LogP contribution < -0.4 is 14.8 Å². The van der Waals surface area contributed by atoms with Crippen molar-refractivity contribution in [1.82, 2.24) is 10.2 Å². The lowest BCUT2D eigenvalue weighted by Crippen LogP contribution is -2.30. The van der Waals surface area contributed by atoms with E-state index in [0.717, 1.165) is 12.1 Å². The maximum Gasteiger partial charge on any atom is 0.287 e. The number of nitrogens with one attached hydrogen (secondary N) is 1. The van der Waals surface area contributed by atoms with E-state index >= 15 is 0 Å². The van der Waals surface area contributed by atoms with Crippen LogP contribution in [0.3, 0.4) is 0 Å². The molecule has 0 aliphatic heterocycles. The number of carbonyl (C=O) groups excluding carboxylic acids is 1. The van der Waals surface area contributed by atoms with Crippen molar-refractivity contribution in [2.75, 3.05) is 27.7 Å². The lowest BCUT2D eigenvalue weighted by atomic mass is 10.0. The molecule has 7 heteroatoms. The average molecular weight is 426 g/mol. The molecule has 1 N–H and O–H groups in total. The van der Waals surface area contributed by atoms with E-state index in [0.29, 0.717) is 23.7 Å². The van der Waals surface area contributed by atoms with Gasteiger partial charge >= 0.3 is 0 Å². The summed E-state index contributed by atoms with van der Waals surface area (Å²) in [5.74, 6) is 1.27. The topological polar surface area (TPSA) is 63.9 Å². The summed E-state index contributed by atoms with van der Waals surface area (Å²) in [7, 11) is 5.50. The molecule has 1 amide bonds. The summed E-state index contributed by atoms with van der Waals surface area (Å²) >= 11 is 0. The molecule has 0 spiro atoms. The Morgan fingerprint density at radius 1 is 1.06 bits per heavy atom. The van der Waals surface area contributed by atoms with Crippen molar-refractivity contribution in [3.8, 4) is 11.5 Å². The summed E-state index contributed by atoms with van der Waals surface area (Å²) in [6.45, 7) is 0.925. The third-order valence-corrected chi connectivity index (χ3v) is 4.77. The molecule has 1 aromatic heterocycles. The second kappa shape index (κ2) is 10.6. The fourth-order valence-corrected chi connectivity index (χ4v) is 3.10. The Balaban J connectivity index is 1.65. The largest absolute Gasteiger partial charge is 0.493 e. The van der Waals surface area contributed by atoms with Crippen LogP contribution in [0, 0.1) is 5.82 Å². The maximum absolute atomic E-state index is 13.3. The Bertz CT molecular complexity index is 985. The predicted octanol–water partition coefficient (Wildman–Crippen LogP) is 4.43. The zero-order valence-corrected chi connectivity index (χ0v) is 17.9. The predicted molar refractivity (Wildman–Crippen MR) is 116 cm³/mol. The van der Waals surface area contributed by atoms with Crippen LogP contribution in [0.2, 0.25) is 0 Å². The van der Waals surface area contributed by atoms with E-state index in [2.05, 4.69) is 5.32 Å². The number of para-hydroxylation sites is 2. The number of benzene rings is 2. The van der Waals surface area contributed by atoms with Gasteiger partial charge in [-0.05, 0) is 69.0 Å². The minimum absolute atomic E-state index is 0.162. The molecule has 3 aromatic rings. The number of methoxy groups -OCH3 is 1. The van der Waals surface area contributed by atoms with Crippen molar-refractivity contribution < 1.29 is 23.1 Å². The van der Waals surface area contributed by atoms with Gasteiger partial charge in [-0.15, -0.1) is 0 Å². The van der Waals surface area contributed by atoms with Gasteiger partial charge < -0.3 is 24.1 Å². The zero-order chi connectivity index (χ0) is 22.2. The SMILES string of the molecule is COc1ccccc1OCc1ccc(C(=O)NC(CCN(C)C)c2ccc(F)cc2)o1. The van der Waals surface area contributed by atoms with Gasteiger partial charge in [0.2, 0.25) is 0 Å². The molecule has 31 heavy (non-hydrogen) atoms. The molecule has 0 fully saturated rings. The fourth-order valence-electron chi connectivity index (χ4n) is 3.10. The maximum atomic E-state index is 13.3. The highest BCUT2D eigenvalue weighted by molar-refractivity contribution is 5.91. The summed E-state index contributed by atoms with van der Waals surface area (Å²) in [6, 6.07) is 16.5. The number of hydrogen-bond acceptors (Lipinski definition) is 5. The first kappa shape index (κ1) is 22.4. The fraction of sp³-hybridized carbons (Fsp3) is 0.292. The molecule has 1 heterocycles. The monoisotopic (exact) mass is 426 g/mol. The van der Waals surface area contributed by atoms with Crippen molar-refractivity contribution in [2.45, 2.75) is 19.1 Å². The molecule has 0 radical (unpaired) electrons. The molecule has 6 nitrogen and oxygen atoms in total. The van der Waals surface area contributed by atoms with Crippen molar-refractivity contribution in [3.63, 3.8) is 0 Å². The number of ether oxygens (including phenoxy) is 2. The molecule has 0 saturated heterocycles. The van der Waals surface area contributed by atoms with Crippen molar-refractivity contribution >= 4 is 5.91 Å². The number of carbonyl (C=O) groups is 1. The Morgan fingerprint density at radius 2 is 1.77 bits per heavy atom. The molecule has 0 aliphatic rings. The second-order valence-electron chi connectivity index (χ2n) is 7.38. The molecule has 1 unspecified atom stereocenters. The summed E-state index contributed by atoms with van der Waals surface area (Å²) < 4.78 is 30.0. The van der Waals surface area contributed by atoms with E-state index in [4.69, 9.17) is 13.9 Å². The van der Waals surface area contributed by atoms with Crippen LogP contribution in [-0.4, -0.2) is 38.6 Å². The van der Waals surface area contributed by atoms with Gasteiger partial charge in [-0.25, -0.2) is 4.39 Å². The van der Waals surface area contributed by atoms with Gasteiger partial charge in [0.05, 0.1) is 13.2 Å². The first-order valence-electron chi connectivity index (χ1n) is 10.0. The van der Waals surface area contributed by atoms with E-state index < -0.39 is 0 Å². The van der Waals surface area contributed by atoms with E-state index in [1.54, 1.807) is 43.5 Å². The third-order valence-electron chi connectivity index (χ3n) is 4.77. The molecular formula is C24H27FN2O4. The molecule has 2 aromatic carbocycles. The minimum atomic E-state index is -0.336. The van der Waals surface area contributed by atoms with E-state index in [9.17, 15) is 9.18 Å². The summed E-state index contributed by atoms with van der Waals surface area (Å²) in [4.78, 5) is 14.8. The van der Waals surface area contributed by atoms with Gasteiger partial charge in [-0.1, -0.05) is 24.3 Å². The number of hydrogen-bond donors (Lipinski definition) is 1. The van der Waals surface area contributed by atoms with Crippen molar-refractivity contribution in [1.29, 1.82) is 0 Å². The molecule has 0 bridgehead atoms. The number of nitrogens with zero attached hydrogens (tertiary/aromatic N) is 1. The van der Waals surface area contributed by atoms with Crippen LogP contribution in [-0.2, 0) is 6.61 Å². The molecule has 3 rings (SSSR count). The number of rotatable bonds is 10. The number of furan rings is 1. The van der Waals surface area contributed by atoms with Crippen molar-refractivity contribution in [3.05, 3.63) is 83.6 Å². The first-order chi connectivity index (χ1) is 15.0. The lowest BCUT2D eigenvalue weighted by Gasteiger charge is -2.21. The zero-order valence-electron chi connectivity index (χ0n) is 17.9. The second-order valence-corrected chi connectivity index (χ2v) is 7.38. The quantitative estimate of drug-likeness (QED) is 0.520. The lowest BCUT2D eigenvalue weighted by molar-refractivity contribution is 0.0900. The first-order valence-corrected chi connectivity index (χ1v) is 10.0. The summed E-state index contributed by atoms with van der Waals surface area (Å²) in [5.41, 5.74) is 0.836. The molecule has 1 atom stereocenters. The highest BCUT2D eigenvalue weighted by Gasteiger charge is 2.19. The summed E-state index contributed by atoms with van der Waals surface area (Å²) in [5, 5.41) is 2.99. The van der Waals surface area contributed by atoms with Crippen LogP contribution in [0.4, 0.5) is 4.39 Å². The Hall–Kier alpha value is -3.32. The standard InChI is InChI=1S/C24H27FN2O4/c1-27(2)15-14-20(17-8-10-18(25)11-9-17)26-24(28)23-13-12-19(31-23)16-30-22-7-5-4-6-21(22)29-3/h4-13,20H,14-16H2,1-3H3,(H,26,28). The Kier molecular flexibility index (Phi) is 7.67. The molecule has 164 valence electrons. The van der Waals surface area contributed by atoms with Gasteiger partial charge in [-0.2, -0.15) is 0 Å². The van der Waals surface area contributed by atoms with Gasteiger partial charge in [0.1, 0.15) is 18.2 Å². The normalized spacial score (nSPS) is 11.9. The smallest absolute Gasteiger partial charge is 0.287 e. The van der Waals surface area contributed by atoms with E-state index in [-0.39, 0.29) is 30.1 Å². The van der Waals surface area contributed by atoms with Crippen LogP contribution in [0.15, 0.2) is 65.1 Å².